The highest BCUT2D eigenvalue weighted by Gasteiger charge is 2.52. The maximum Gasteiger partial charge on any atom is 0.264 e. The summed E-state index contributed by atoms with van der Waals surface area (Å²) in [6.07, 6.45) is 5.10. The third-order valence-corrected chi connectivity index (χ3v) is 18.4. The molecule has 0 amide bonds. The number of rotatable bonds is 5. The van der Waals surface area contributed by atoms with Crippen molar-refractivity contribution in [2.75, 3.05) is 16.3 Å². The molecule has 0 N–H and O–H groups in total. The van der Waals surface area contributed by atoms with Crippen LogP contribution in [-0.2, 0) is 44.3 Å². The predicted molar refractivity (Wildman–Crippen MR) is 299 cm³/mol. The summed E-state index contributed by atoms with van der Waals surface area (Å²) in [7, 11) is 0. The van der Waals surface area contributed by atoms with E-state index in [0.29, 0.717) is 18.5 Å². The van der Waals surface area contributed by atoms with E-state index in [1.165, 1.54) is 76.8 Å². The molecule has 0 saturated carbocycles. The van der Waals surface area contributed by atoms with Crippen LogP contribution in [0.3, 0.4) is 0 Å². The Morgan fingerprint density at radius 2 is 1.15 bits per heavy atom. The van der Waals surface area contributed by atoms with Gasteiger partial charge in [-0.1, -0.05) is 184 Å². The summed E-state index contributed by atoms with van der Waals surface area (Å²) in [5.41, 5.74) is 18.6. The van der Waals surface area contributed by atoms with Crippen molar-refractivity contribution in [2.45, 2.75) is 188 Å². The lowest BCUT2D eigenvalue weighted by Gasteiger charge is -2.48. The van der Waals surface area contributed by atoms with Gasteiger partial charge in [-0.15, -0.1) is 0 Å². The summed E-state index contributed by atoms with van der Waals surface area (Å²) in [6, 6.07) is 24.9. The number of thiophene rings is 1. The van der Waals surface area contributed by atoms with E-state index >= 15 is 0 Å². The second kappa shape index (κ2) is 15.5. The number of fused-ring (bicyclic) bond motifs is 7. The Balaban J connectivity index is 1.29. The average molecular weight is 924 g/mol. The second-order valence-corrected chi connectivity index (χ2v) is 27.8. The Bertz CT molecular complexity index is 3230. The molecular formula is C64H79BN2S. The van der Waals surface area contributed by atoms with Crippen LogP contribution < -0.4 is 25.5 Å². The van der Waals surface area contributed by atoms with Crippen LogP contribution in [-0.4, -0.2) is 13.3 Å². The molecule has 0 spiro atoms. The van der Waals surface area contributed by atoms with Crippen LogP contribution in [0.5, 0.6) is 0 Å². The summed E-state index contributed by atoms with van der Waals surface area (Å²) in [5.74, 6) is 0. The third kappa shape index (κ3) is 7.64. The van der Waals surface area contributed by atoms with Crippen LogP contribution in [0.2, 0.25) is 0 Å². The van der Waals surface area contributed by atoms with Gasteiger partial charge in [-0.2, -0.15) is 11.3 Å². The van der Waals surface area contributed by atoms with E-state index in [9.17, 15) is 2.74 Å². The molecule has 68 heavy (non-hydrogen) atoms. The molecule has 354 valence electrons. The predicted octanol–water partition coefficient (Wildman–Crippen LogP) is 16.0. The van der Waals surface area contributed by atoms with Crippen LogP contribution in [0.1, 0.15) is 194 Å². The topological polar surface area (TPSA) is 6.48 Å². The molecule has 5 aromatic carbocycles. The molecule has 6 aromatic rings. The fourth-order valence-electron chi connectivity index (χ4n) is 12.1. The Kier molecular flexibility index (Phi) is 9.39. The lowest BCUT2D eigenvalue weighted by atomic mass is 9.35. The number of hydrogen-bond acceptors (Lipinski definition) is 3. The number of nitrogens with zero attached hydrogens (tertiary/aromatic N) is 2. The highest BCUT2D eigenvalue weighted by atomic mass is 32.1. The van der Waals surface area contributed by atoms with Crippen molar-refractivity contribution < 1.29 is 6.85 Å². The summed E-state index contributed by atoms with van der Waals surface area (Å²) in [4.78, 5) is 6.84. The first-order chi connectivity index (χ1) is 33.7. The van der Waals surface area contributed by atoms with Gasteiger partial charge < -0.3 is 9.80 Å². The van der Waals surface area contributed by atoms with Crippen molar-refractivity contribution in [2.24, 2.45) is 0 Å². The van der Waals surface area contributed by atoms with Crippen molar-refractivity contribution >= 4 is 62.2 Å². The number of benzene rings is 5. The molecule has 0 radical (unpaired) electrons. The van der Waals surface area contributed by atoms with Gasteiger partial charge in [0.1, 0.15) is 0 Å². The fraction of sp³-hybridized carbons (Fsp3) is 0.469. The standard InChI is InChI=1S/C64H79BN2S/c1-58(2,3)42-25-27-45(28-26-42)67-52-37-44(60(7,8)9)36-51-54(52)65(57-55(67)53-56(68-57)64(16,17)33-32-63(53,14)15)49-38-47-48(62(12,13)31-30-61(47,10)11)39-50(49)66(51)34-29-41-23-24-43(59(4,5)6)35-46(41)40-21-19-18-20-22-40/h18-28,35-39H,29-34H2,1-17H3/i18D,19D,20D,21D,22D. The summed E-state index contributed by atoms with van der Waals surface area (Å²) >= 11 is 2.08. The SMILES string of the molecule is [2H]c1c([2H])c([2H])c(-c2cc(C(C)(C)C)ccc2CCN2c3cc4c(cc3B3c5sc6c(c5N(c5ccc(C(C)(C)C)cc5)c5cc(C(C)(C)C)cc2c53)C(C)(C)CCC6(C)C)C(C)(C)CCC4(C)C)c([2H])c1[2H]. The van der Waals surface area contributed by atoms with E-state index < -0.39 is 0 Å². The van der Waals surface area contributed by atoms with Crippen LogP contribution in [0, 0.1) is 0 Å². The van der Waals surface area contributed by atoms with Gasteiger partial charge in [0.2, 0.25) is 0 Å². The molecule has 3 heterocycles. The molecule has 0 bridgehead atoms. The van der Waals surface area contributed by atoms with E-state index in [-0.39, 0.29) is 80.4 Å². The largest absolute Gasteiger partial charge is 0.342 e. The van der Waals surface area contributed by atoms with Crippen LogP contribution in [0.15, 0.2) is 96.9 Å². The second-order valence-electron chi connectivity index (χ2n) is 26.8. The Hall–Kier alpha value is -4.54. The van der Waals surface area contributed by atoms with Crippen molar-refractivity contribution in [1.29, 1.82) is 0 Å². The van der Waals surface area contributed by atoms with Gasteiger partial charge in [0.05, 0.1) is 12.5 Å². The minimum Gasteiger partial charge on any atom is -0.342 e. The van der Waals surface area contributed by atoms with Crippen molar-refractivity contribution in [3.8, 4) is 11.1 Å². The molecule has 0 atom stereocenters. The van der Waals surface area contributed by atoms with Gasteiger partial charge in [0.15, 0.2) is 0 Å². The van der Waals surface area contributed by atoms with E-state index in [0.717, 1.165) is 36.8 Å². The highest BCUT2D eigenvalue weighted by Crippen LogP contribution is 2.57. The molecule has 4 aliphatic rings. The molecular weight excluding hydrogens is 840 g/mol. The zero-order valence-electron chi connectivity index (χ0n) is 49.5. The smallest absolute Gasteiger partial charge is 0.264 e. The molecule has 0 fully saturated rings. The number of hydrogen-bond donors (Lipinski definition) is 0. The van der Waals surface area contributed by atoms with Crippen molar-refractivity contribution in [3.63, 3.8) is 0 Å². The fourth-order valence-corrected chi connectivity index (χ4v) is 13.8. The Labute approximate surface area is 423 Å². The van der Waals surface area contributed by atoms with E-state index in [4.69, 9.17) is 4.11 Å². The monoisotopic (exact) mass is 924 g/mol. The minimum absolute atomic E-state index is 0.00540. The van der Waals surface area contributed by atoms with Crippen molar-refractivity contribution in [1.82, 2.24) is 0 Å². The third-order valence-electron chi connectivity index (χ3n) is 16.8. The molecule has 2 aliphatic heterocycles. The van der Waals surface area contributed by atoms with Crippen LogP contribution in [0.25, 0.3) is 11.1 Å². The first-order valence-electron chi connectivity index (χ1n) is 28.1. The average Bonchev–Trinajstić information content (AvgIpc) is 3.72. The zero-order valence-corrected chi connectivity index (χ0v) is 45.3. The van der Waals surface area contributed by atoms with Gasteiger partial charge >= 0.3 is 0 Å². The van der Waals surface area contributed by atoms with Crippen LogP contribution in [0.4, 0.5) is 28.4 Å². The van der Waals surface area contributed by atoms with Gasteiger partial charge in [-0.3, -0.25) is 0 Å². The minimum atomic E-state index is -0.370. The highest BCUT2D eigenvalue weighted by molar-refractivity contribution is 7.29. The maximum atomic E-state index is 9.23. The quantitative estimate of drug-likeness (QED) is 0.159. The van der Waals surface area contributed by atoms with Gasteiger partial charge in [0, 0.05) is 38.9 Å². The molecule has 0 saturated heterocycles. The molecule has 10 rings (SSSR count). The summed E-state index contributed by atoms with van der Waals surface area (Å²) < 4.78 is 45.9. The molecule has 2 nitrogen and oxygen atoms in total. The lowest BCUT2D eigenvalue weighted by molar-refractivity contribution is 0.332. The van der Waals surface area contributed by atoms with Crippen molar-refractivity contribution in [3.05, 3.63) is 141 Å². The van der Waals surface area contributed by atoms with E-state index in [1.54, 1.807) is 0 Å². The van der Waals surface area contributed by atoms with E-state index in [2.05, 4.69) is 206 Å². The Morgan fingerprint density at radius 3 is 1.76 bits per heavy atom. The normalized spacial score (nSPS) is 19.7. The molecule has 1 aromatic heterocycles. The first-order valence-corrected chi connectivity index (χ1v) is 26.4. The Morgan fingerprint density at radius 1 is 0.588 bits per heavy atom. The molecule has 4 heteroatoms. The zero-order chi connectivity index (χ0) is 53.2. The lowest BCUT2D eigenvalue weighted by Crippen LogP contribution is -2.62. The van der Waals surface area contributed by atoms with E-state index in [1.807, 2.05) is 0 Å². The van der Waals surface area contributed by atoms with Gasteiger partial charge in [-0.25, -0.2) is 0 Å². The maximum absolute atomic E-state index is 9.23. The number of anilines is 5. The molecule has 2 aliphatic carbocycles. The summed E-state index contributed by atoms with van der Waals surface area (Å²) in [5, 5.41) is 0. The first kappa shape index (κ1) is 41.3. The molecule has 0 unspecified atom stereocenters. The van der Waals surface area contributed by atoms with Gasteiger partial charge in [-0.05, 0) is 161 Å². The van der Waals surface area contributed by atoms with Gasteiger partial charge in [0.25, 0.3) is 6.71 Å². The summed E-state index contributed by atoms with van der Waals surface area (Å²) in [6.45, 7) is 40.8. The van der Waals surface area contributed by atoms with Crippen LogP contribution >= 0.6 is 11.3 Å².